The largest absolute Gasteiger partial charge is 0.463 e. The monoisotopic (exact) mass is 393 g/mol. The van der Waals surface area contributed by atoms with Gasteiger partial charge in [-0.05, 0) is 37.1 Å². The molecule has 1 N–H and O–H groups in total. The molecule has 1 aliphatic heterocycles. The Bertz CT molecular complexity index is 960. The van der Waals surface area contributed by atoms with E-state index in [2.05, 4.69) is 5.32 Å². The van der Waals surface area contributed by atoms with E-state index in [1.54, 1.807) is 18.7 Å². The number of nitrogens with one attached hydrogen (secondary N) is 1. The molecule has 28 heavy (non-hydrogen) atoms. The van der Waals surface area contributed by atoms with Crippen molar-refractivity contribution in [3.63, 3.8) is 0 Å². The van der Waals surface area contributed by atoms with Gasteiger partial charge >= 0.3 is 5.97 Å². The van der Waals surface area contributed by atoms with Crippen LogP contribution >= 0.6 is 11.8 Å². The lowest BCUT2D eigenvalue weighted by atomic mass is 9.92. The Morgan fingerprint density at radius 2 is 1.61 bits per heavy atom. The molecule has 0 radical (unpaired) electrons. The molecule has 0 spiro atoms. The Labute approximate surface area is 167 Å². The van der Waals surface area contributed by atoms with Crippen molar-refractivity contribution in [2.75, 3.05) is 6.61 Å². The molecule has 0 bridgehead atoms. The Kier molecular flexibility index (Phi) is 6.11. The molecule has 0 aromatic heterocycles. The van der Waals surface area contributed by atoms with Crippen LogP contribution in [-0.2, 0) is 19.1 Å². The molecule has 0 unspecified atom stereocenters. The molecule has 1 amide bonds. The van der Waals surface area contributed by atoms with Crippen molar-refractivity contribution in [2.24, 2.45) is 0 Å². The van der Waals surface area contributed by atoms with Crippen LogP contribution in [0.25, 0.3) is 5.57 Å². The van der Waals surface area contributed by atoms with Crippen molar-refractivity contribution in [2.45, 2.75) is 23.6 Å². The highest BCUT2D eigenvalue weighted by atomic mass is 32.2. The first kappa shape index (κ1) is 19.6. The Balaban J connectivity index is 2.05. The zero-order valence-electron chi connectivity index (χ0n) is 15.5. The molecule has 5 nitrogen and oxygen atoms in total. The first-order chi connectivity index (χ1) is 13.6. The van der Waals surface area contributed by atoms with Crippen LogP contribution in [0, 0.1) is 0 Å². The van der Waals surface area contributed by atoms with Crippen LogP contribution < -0.4 is 5.32 Å². The van der Waals surface area contributed by atoms with Crippen molar-refractivity contribution in [1.82, 2.24) is 5.32 Å². The fourth-order valence-corrected chi connectivity index (χ4v) is 3.95. The van der Waals surface area contributed by atoms with E-state index in [1.807, 2.05) is 48.5 Å². The first-order valence-electron chi connectivity index (χ1n) is 8.77. The van der Waals surface area contributed by atoms with Gasteiger partial charge in [0.15, 0.2) is 6.29 Å². The molecule has 142 valence electrons. The fourth-order valence-electron chi connectivity index (χ4n) is 2.86. The van der Waals surface area contributed by atoms with Gasteiger partial charge in [0.25, 0.3) is 5.91 Å². The molecule has 6 heteroatoms. The van der Waals surface area contributed by atoms with E-state index in [4.69, 9.17) is 4.74 Å². The summed E-state index contributed by atoms with van der Waals surface area (Å²) in [4.78, 5) is 38.3. The Morgan fingerprint density at radius 1 is 1.04 bits per heavy atom. The minimum Gasteiger partial charge on any atom is -0.463 e. The number of ether oxygens (including phenoxy) is 1. The normalized spacial score (nSPS) is 12.5. The van der Waals surface area contributed by atoms with Crippen LogP contribution in [0.15, 0.2) is 75.7 Å². The maximum Gasteiger partial charge on any atom is 0.335 e. The number of amides is 1. The highest BCUT2D eigenvalue weighted by molar-refractivity contribution is 7.99. The van der Waals surface area contributed by atoms with Crippen LogP contribution in [0.2, 0.25) is 0 Å². The van der Waals surface area contributed by atoms with Crippen molar-refractivity contribution in [3.8, 4) is 0 Å². The van der Waals surface area contributed by atoms with E-state index in [0.29, 0.717) is 11.9 Å². The van der Waals surface area contributed by atoms with E-state index in [0.717, 1.165) is 20.9 Å². The molecule has 0 atom stereocenters. The lowest BCUT2D eigenvalue weighted by Crippen LogP contribution is -2.23. The van der Waals surface area contributed by atoms with E-state index in [9.17, 15) is 14.4 Å². The number of carbonyl (C=O) groups is 3. The SMILES string of the molecule is CCOC(=O)C(C)=CNC(=O)C(C=O)=C1c2ccccc2Sc2ccccc21. The van der Waals surface area contributed by atoms with Crippen molar-refractivity contribution >= 4 is 35.5 Å². The average molecular weight is 393 g/mol. The highest BCUT2D eigenvalue weighted by Crippen LogP contribution is 2.46. The van der Waals surface area contributed by atoms with E-state index < -0.39 is 11.9 Å². The molecule has 2 aromatic rings. The molecule has 0 aliphatic carbocycles. The Hall–Kier alpha value is -3.12. The zero-order valence-corrected chi connectivity index (χ0v) is 16.3. The van der Waals surface area contributed by atoms with Crippen LogP contribution in [0.5, 0.6) is 0 Å². The van der Waals surface area contributed by atoms with Crippen LogP contribution in [0.4, 0.5) is 0 Å². The molecule has 0 fully saturated rings. The summed E-state index contributed by atoms with van der Waals surface area (Å²) in [5.41, 5.74) is 2.49. The van der Waals surface area contributed by atoms with Crippen molar-refractivity contribution in [1.29, 1.82) is 0 Å². The predicted octanol–water partition coefficient (Wildman–Crippen LogP) is 3.74. The smallest absolute Gasteiger partial charge is 0.335 e. The lowest BCUT2D eigenvalue weighted by Gasteiger charge is -2.23. The number of aldehydes is 1. The minimum atomic E-state index is -0.579. The van der Waals surface area contributed by atoms with Gasteiger partial charge in [-0.3, -0.25) is 9.59 Å². The summed E-state index contributed by atoms with van der Waals surface area (Å²) in [5, 5.41) is 2.53. The zero-order chi connectivity index (χ0) is 20.1. The molecule has 0 saturated carbocycles. The van der Waals surface area contributed by atoms with Crippen molar-refractivity contribution in [3.05, 3.63) is 77.0 Å². The van der Waals surface area contributed by atoms with Gasteiger partial charge < -0.3 is 10.1 Å². The summed E-state index contributed by atoms with van der Waals surface area (Å²) in [5.74, 6) is -1.10. The highest BCUT2D eigenvalue weighted by Gasteiger charge is 2.26. The molecule has 0 saturated heterocycles. The standard InChI is InChI=1S/C22H19NO4S/c1-3-27-22(26)14(2)12-23-21(25)17(13-24)20-15-8-4-6-10-18(15)28-19-11-7-5-9-16(19)20/h4-13H,3H2,1-2H3,(H,23,25). The predicted molar refractivity (Wildman–Crippen MR) is 108 cm³/mol. The third-order valence-electron chi connectivity index (χ3n) is 4.18. The molecular formula is C22H19NO4S. The molecule has 1 heterocycles. The van der Waals surface area contributed by atoms with Gasteiger partial charge in [0.05, 0.1) is 17.8 Å². The molecule has 3 rings (SSSR count). The topological polar surface area (TPSA) is 72.5 Å². The van der Waals surface area contributed by atoms with Crippen LogP contribution in [0.3, 0.4) is 0 Å². The second kappa shape index (κ2) is 8.71. The summed E-state index contributed by atoms with van der Waals surface area (Å²) < 4.78 is 4.89. The number of benzene rings is 2. The summed E-state index contributed by atoms with van der Waals surface area (Å²) in [6, 6.07) is 15.3. The van der Waals surface area contributed by atoms with Gasteiger partial charge in [0.1, 0.15) is 0 Å². The Morgan fingerprint density at radius 3 is 2.14 bits per heavy atom. The van der Waals surface area contributed by atoms with E-state index in [-0.39, 0.29) is 17.8 Å². The lowest BCUT2D eigenvalue weighted by molar-refractivity contribution is -0.138. The van der Waals surface area contributed by atoms with Gasteiger partial charge in [-0.1, -0.05) is 48.2 Å². The maximum atomic E-state index is 12.8. The summed E-state index contributed by atoms with van der Waals surface area (Å²) >= 11 is 1.60. The quantitative estimate of drug-likeness (QED) is 0.235. The van der Waals surface area contributed by atoms with Crippen molar-refractivity contribution < 1.29 is 19.1 Å². The average Bonchev–Trinajstić information content (AvgIpc) is 2.72. The fraction of sp³-hybridized carbons (Fsp3) is 0.136. The third kappa shape index (κ3) is 3.92. The first-order valence-corrected chi connectivity index (χ1v) is 9.59. The summed E-state index contributed by atoms with van der Waals surface area (Å²) in [7, 11) is 0. The molecule has 2 aromatic carbocycles. The van der Waals surface area contributed by atoms with Gasteiger partial charge in [-0.15, -0.1) is 0 Å². The minimum absolute atomic E-state index is 0.00751. The van der Waals surface area contributed by atoms with Gasteiger partial charge in [-0.25, -0.2) is 4.79 Å². The number of hydrogen-bond donors (Lipinski definition) is 1. The van der Waals surface area contributed by atoms with E-state index >= 15 is 0 Å². The van der Waals surface area contributed by atoms with Gasteiger partial charge in [0.2, 0.25) is 0 Å². The van der Waals surface area contributed by atoms with E-state index in [1.165, 1.54) is 13.1 Å². The summed E-state index contributed by atoms with van der Waals surface area (Å²) in [6.45, 7) is 3.48. The molecular weight excluding hydrogens is 374 g/mol. The second-order valence-corrected chi connectivity index (χ2v) is 7.11. The second-order valence-electron chi connectivity index (χ2n) is 6.02. The third-order valence-corrected chi connectivity index (χ3v) is 5.33. The molecule has 1 aliphatic rings. The van der Waals surface area contributed by atoms with Gasteiger partial charge in [0, 0.05) is 21.6 Å². The number of carbonyl (C=O) groups excluding carboxylic acids is 3. The van der Waals surface area contributed by atoms with Crippen LogP contribution in [-0.4, -0.2) is 24.8 Å². The maximum absolute atomic E-state index is 12.8. The van der Waals surface area contributed by atoms with Crippen LogP contribution in [0.1, 0.15) is 25.0 Å². The summed E-state index contributed by atoms with van der Waals surface area (Å²) in [6.07, 6.45) is 1.82. The number of rotatable bonds is 5. The van der Waals surface area contributed by atoms with Gasteiger partial charge in [-0.2, -0.15) is 0 Å². The number of fused-ring (bicyclic) bond motifs is 2. The number of esters is 1. The number of hydrogen-bond acceptors (Lipinski definition) is 5.